The number of nitrogens with two attached hydrogens (primary N) is 1. The Balaban J connectivity index is 2.29. The smallest absolute Gasteiger partial charge is 0.226 e. The summed E-state index contributed by atoms with van der Waals surface area (Å²) in [6.45, 7) is 2.05. The zero-order chi connectivity index (χ0) is 13.1. The Kier molecular flexibility index (Phi) is 4.37. The highest BCUT2D eigenvalue weighted by atomic mass is 79.9. The SMILES string of the molecule is CCCc1nc(C(N)c2cc(Br)ccc2Cl)no1. The van der Waals surface area contributed by atoms with Gasteiger partial charge in [0.25, 0.3) is 0 Å². The van der Waals surface area contributed by atoms with Gasteiger partial charge in [-0.1, -0.05) is 39.6 Å². The van der Waals surface area contributed by atoms with Crippen LogP contribution < -0.4 is 5.73 Å². The lowest BCUT2D eigenvalue weighted by molar-refractivity contribution is 0.370. The molecule has 1 unspecified atom stereocenters. The lowest BCUT2D eigenvalue weighted by Crippen LogP contribution is -2.14. The van der Waals surface area contributed by atoms with Gasteiger partial charge in [0.05, 0.1) is 6.04 Å². The molecular formula is C12H13BrClN3O. The maximum atomic E-state index is 6.12. The van der Waals surface area contributed by atoms with E-state index in [1.54, 1.807) is 6.07 Å². The van der Waals surface area contributed by atoms with Crippen LogP contribution >= 0.6 is 27.5 Å². The molecule has 96 valence electrons. The maximum absolute atomic E-state index is 6.12. The number of hydrogen-bond acceptors (Lipinski definition) is 4. The van der Waals surface area contributed by atoms with E-state index in [2.05, 4.69) is 33.0 Å². The van der Waals surface area contributed by atoms with Crippen molar-refractivity contribution in [1.82, 2.24) is 10.1 Å². The van der Waals surface area contributed by atoms with Gasteiger partial charge >= 0.3 is 0 Å². The highest BCUT2D eigenvalue weighted by molar-refractivity contribution is 9.10. The van der Waals surface area contributed by atoms with Crippen molar-refractivity contribution >= 4 is 27.5 Å². The maximum Gasteiger partial charge on any atom is 0.226 e. The molecule has 0 saturated carbocycles. The Morgan fingerprint density at radius 2 is 2.28 bits per heavy atom. The van der Waals surface area contributed by atoms with Crippen LogP contribution in [0, 0.1) is 0 Å². The summed E-state index contributed by atoms with van der Waals surface area (Å²) in [5.74, 6) is 1.06. The zero-order valence-corrected chi connectivity index (χ0v) is 12.2. The van der Waals surface area contributed by atoms with E-state index in [4.69, 9.17) is 21.9 Å². The first-order valence-electron chi connectivity index (χ1n) is 5.64. The monoisotopic (exact) mass is 329 g/mol. The van der Waals surface area contributed by atoms with Crippen LogP contribution in [0.15, 0.2) is 27.2 Å². The van der Waals surface area contributed by atoms with E-state index in [9.17, 15) is 0 Å². The Morgan fingerprint density at radius 3 is 3.00 bits per heavy atom. The van der Waals surface area contributed by atoms with E-state index >= 15 is 0 Å². The molecule has 0 amide bonds. The van der Waals surface area contributed by atoms with E-state index < -0.39 is 6.04 Å². The molecule has 0 aliphatic carbocycles. The van der Waals surface area contributed by atoms with Gasteiger partial charge in [0, 0.05) is 15.9 Å². The molecule has 1 atom stereocenters. The number of aromatic nitrogens is 2. The average Bonchev–Trinajstić information content (AvgIpc) is 2.80. The zero-order valence-electron chi connectivity index (χ0n) is 9.86. The van der Waals surface area contributed by atoms with Crippen molar-refractivity contribution in [2.75, 3.05) is 0 Å². The summed E-state index contributed by atoms with van der Waals surface area (Å²) < 4.78 is 6.03. The third-order valence-corrected chi connectivity index (χ3v) is 3.36. The van der Waals surface area contributed by atoms with Crippen molar-refractivity contribution in [3.8, 4) is 0 Å². The van der Waals surface area contributed by atoms with Crippen LogP contribution in [0.4, 0.5) is 0 Å². The number of benzene rings is 1. The molecule has 0 aliphatic heterocycles. The number of hydrogen-bond donors (Lipinski definition) is 1. The van der Waals surface area contributed by atoms with Crippen molar-refractivity contribution < 1.29 is 4.52 Å². The highest BCUT2D eigenvalue weighted by Gasteiger charge is 2.18. The predicted octanol–water partition coefficient (Wildman–Crippen LogP) is 3.49. The van der Waals surface area contributed by atoms with Crippen LogP contribution in [0.3, 0.4) is 0 Å². The summed E-state index contributed by atoms with van der Waals surface area (Å²) in [5.41, 5.74) is 6.88. The van der Waals surface area contributed by atoms with E-state index in [-0.39, 0.29) is 0 Å². The molecule has 0 aliphatic rings. The Morgan fingerprint density at radius 1 is 1.50 bits per heavy atom. The van der Waals surface area contributed by atoms with E-state index in [0.717, 1.165) is 22.9 Å². The third kappa shape index (κ3) is 2.91. The van der Waals surface area contributed by atoms with Crippen LogP contribution in [-0.4, -0.2) is 10.1 Å². The minimum Gasteiger partial charge on any atom is -0.339 e. The first-order chi connectivity index (χ1) is 8.61. The van der Waals surface area contributed by atoms with Gasteiger partial charge in [0.15, 0.2) is 5.82 Å². The van der Waals surface area contributed by atoms with Gasteiger partial charge in [-0.3, -0.25) is 0 Å². The lowest BCUT2D eigenvalue weighted by atomic mass is 10.1. The number of aryl methyl sites for hydroxylation is 1. The minimum atomic E-state index is -0.482. The standard InChI is InChI=1S/C12H13BrClN3O/c1-2-3-10-16-12(17-18-10)11(15)8-6-7(13)4-5-9(8)14/h4-6,11H,2-3,15H2,1H3. The van der Waals surface area contributed by atoms with Crippen molar-refractivity contribution in [1.29, 1.82) is 0 Å². The lowest BCUT2D eigenvalue weighted by Gasteiger charge is -2.09. The molecule has 4 nitrogen and oxygen atoms in total. The summed E-state index contributed by atoms with van der Waals surface area (Å²) in [4.78, 5) is 4.27. The molecule has 0 bridgehead atoms. The highest BCUT2D eigenvalue weighted by Crippen LogP contribution is 2.28. The second-order valence-electron chi connectivity index (χ2n) is 3.94. The summed E-state index contributed by atoms with van der Waals surface area (Å²) in [6, 6.07) is 5.03. The molecule has 1 aromatic heterocycles. The fourth-order valence-electron chi connectivity index (χ4n) is 1.60. The van der Waals surface area contributed by atoms with Gasteiger partial charge in [-0.05, 0) is 30.2 Å². The van der Waals surface area contributed by atoms with E-state index in [1.807, 2.05) is 12.1 Å². The minimum absolute atomic E-state index is 0.457. The van der Waals surface area contributed by atoms with Gasteiger partial charge in [-0.25, -0.2) is 0 Å². The van der Waals surface area contributed by atoms with Crippen molar-refractivity contribution in [2.24, 2.45) is 5.73 Å². The summed E-state index contributed by atoms with van der Waals surface area (Å²) in [6.07, 6.45) is 1.71. The second-order valence-corrected chi connectivity index (χ2v) is 5.26. The normalized spacial score (nSPS) is 12.7. The van der Waals surface area contributed by atoms with Crippen LogP contribution in [0.5, 0.6) is 0 Å². The predicted molar refractivity (Wildman–Crippen MR) is 73.5 cm³/mol. The summed E-state index contributed by atoms with van der Waals surface area (Å²) in [7, 11) is 0. The Bertz CT molecular complexity index is 544. The van der Waals surface area contributed by atoms with Crippen molar-refractivity contribution in [3.63, 3.8) is 0 Å². The summed E-state index contributed by atoms with van der Waals surface area (Å²) >= 11 is 9.51. The van der Waals surface area contributed by atoms with Crippen LogP contribution in [0.1, 0.15) is 36.7 Å². The van der Waals surface area contributed by atoms with Crippen LogP contribution in [0.2, 0.25) is 5.02 Å². The van der Waals surface area contributed by atoms with Crippen molar-refractivity contribution in [2.45, 2.75) is 25.8 Å². The molecule has 0 radical (unpaired) electrons. The molecular weight excluding hydrogens is 318 g/mol. The molecule has 6 heteroatoms. The first kappa shape index (κ1) is 13.5. The number of rotatable bonds is 4. The second kappa shape index (κ2) is 5.82. The summed E-state index contributed by atoms with van der Waals surface area (Å²) in [5, 5.41) is 4.49. The topological polar surface area (TPSA) is 64.9 Å². The van der Waals surface area contributed by atoms with Crippen LogP contribution in [-0.2, 0) is 6.42 Å². The van der Waals surface area contributed by atoms with Crippen LogP contribution in [0.25, 0.3) is 0 Å². The molecule has 2 aromatic rings. The Hall–Kier alpha value is -0.910. The van der Waals surface area contributed by atoms with Gasteiger partial charge in [-0.15, -0.1) is 0 Å². The molecule has 0 spiro atoms. The van der Waals surface area contributed by atoms with Gasteiger partial charge in [0.2, 0.25) is 5.89 Å². The molecule has 2 N–H and O–H groups in total. The van der Waals surface area contributed by atoms with Crippen molar-refractivity contribution in [3.05, 3.63) is 45.0 Å². The molecule has 1 heterocycles. The fourth-order valence-corrected chi connectivity index (χ4v) is 2.22. The molecule has 0 saturated heterocycles. The van der Waals surface area contributed by atoms with E-state index in [1.165, 1.54) is 0 Å². The first-order valence-corrected chi connectivity index (χ1v) is 6.82. The number of nitrogens with zero attached hydrogens (tertiary/aromatic N) is 2. The van der Waals surface area contributed by atoms with Gasteiger partial charge in [-0.2, -0.15) is 4.98 Å². The fraction of sp³-hybridized carbons (Fsp3) is 0.333. The molecule has 18 heavy (non-hydrogen) atoms. The molecule has 1 aromatic carbocycles. The van der Waals surface area contributed by atoms with E-state index in [0.29, 0.717) is 16.7 Å². The molecule has 2 rings (SSSR count). The Labute approximate surface area is 119 Å². The van der Waals surface area contributed by atoms with Gasteiger partial charge in [0.1, 0.15) is 0 Å². The molecule has 0 fully saturated rings. The number of halogens is 2. The average molecular weight is 331 g/mol. The largest absolute Gasteiger partial charge is 0.339 e. The third-order valence-electron chi connectivity index (χ3n) is 2.52. The van der Waals surface area contributed by atoms with Gasteiger partial charge < -0.3 is 10.3 Å². The quantitative estimate of drug-likeness (QED) is 0.932.